The minimum absolute atomic E-state index is 0.736. The van der Waals surface area contributed by atoms with Crippen molar-refractivity contribution < 1.29 is 0 Å². The maximum atomic E-state index is 5.74. The van der Waals surface area contributed by atoms with Crippen LogP contribution in [0.5, 0.6) is 0 Å². The van der Waals surface area contributed by atoms with E-state index in [-0.39, 0.29) is 0 Å². The molecule has 0 fully saturated rings. The molecule has 1 N–H and O–H groups in total. The van der Waals surface area contributed by atoms with Gasteiger partial charge in [0, 0.05) is 10.7 Å². The molecule has 0 spiro atoms. The third-order valence-corrected chi connectivity index (χ3v) is 2.73. The molecule has 0 radical (unpaired) electrons. The Hall–Kier alpha value is -0.250. The minimum Gasteiger partial charge on any atom is -0.341 e. The van der Waals surface area contributed by atoms with E-state index < -0.39 is 0 Å². The summed E-state index contributed by atoms with van der Waals surface area (Å²) < 4.78 is 0.796. The van der Waals surface area contributed by atoms with Gasteiger partial charge < -0.3 is 5.32 Å². The van der Waals surface area contributed by atoms with Crippen LogP contribution >= 0.6 is 35.6 Å². The number of hydrogen-bond donors (Lipinski definition) is 1. The summed E-state index contributed by atoms with van der Waals surface area (Å²) in [6.45, 7) is 2.07. The van der Waals surface area contributed by atoms with Crippen LogP contribution in [0.15, 0.2) is 24.3 Å². The monoisotopic (exact) mass is 231 g/mol. The molecule has 1 nitrogen and oxygen atoms in total. The zero-order chi connectivity index (χ0) is 9.68. The predicted octanol–water partition coefficient (Wildman–Crippen LogP) is 3.79. The largest absolute Gasteiger partial charge is 0.341 e. The van der Waals surface area contributed by atoms with Crippen LogP contribution in [0.3, 0.4) is 0 Å². The van der Waals surface area contributed by atoms with E-state index >= 15 is 0 Å². The van der Waals surface area contributed by atoms with Crippen LogP contribution in [0.25, 0.3) is 0 Å². The first-order chi connectivity index (χ1) is 6.22. The van der Waals surface area contributed by atoms with Gasteiger partial charge in [0.1, 0.15) is 4.32 Å². The van der Waals surface area contributed by atoms with Crippen molar-refractivity contribution in [3.8, 4) is 0 Å². The Bertz CT molecular complexity index is 284. The van der Waals surface area contributed by atoms with Crippen molar-refractivity contribution in [3.63, 3.8) is 0 Å². The molecule has 13 heavy (non-hydrogen) atoms. The number of nitrogens with one attached hydrogen (secondary N) is 1. The first-order valence-electron chi connectivity index (χ1n) is 3.91. The molecule has 1 rings (SSSR count). The smallest absolute Gasteiger partial charge is 0.138 e. The fourth-order valence-corrected chi connectivity index (χ4v) is 1.87. The average molecular weight is 232 g/mol. The fourth-order valence-electron chi connectivity index (χ4n) is 0.818. The number of anilines is 1. The van der Waals surface area contributed by atoms with E-state index in [1.807, 2.05) is 24.3 Å². The van der Waals surface area contributed by atoms with Gasteiger partial charge in [-0.3, -0.25) is 0 Å². The highest BCUT2D eigenvalue weighted by molar-refractivity contribution is 8.23. The van der Waals surface area contributed by atoms with Gasteiger partial charge in [-0.05, 0) is 30.0 Å². The van der Waals surface area contributed by atoms with E-state index in [1.165, 1.54) is 0 Å². The maximum Gasteiger partial charge on any atom is 0.138 e. The van der Waals surface area contributed by atoms with E-state index in [1.54, 1.807) is 11.8 Å². The molecule has 0 amide bonds. The lowest BCUT2D eigenvalue weighted by Crippen LogP contribution is -2.04. The molecule has 1 aromatic carbocycles. The lowest BCUT2D eigenvalue weighted by molar-refractivity contribution is 1.54. The molecule has 0 aliphatic heterocycles. The van der Waals surface area contributed by atoms with Gasteiger partial charge in [-0.15, -0.1) is 0 Å². The Morgan fingerprint density at radius 1 is 1.46 bits per heavy atom. The van der Waals surface area contributed by atoms with Crippen molar-refractivity contribution in [2.45, 2.75) is 6.92 Å². The number of halogens is 1. The first-order valence-corrected chi connectivity index (χ1v) is 5.69. The zero-order valence-corrected chi connectivity index (χ0v) is 9.60. The Labute approximate surface area is 92.9 Å². The highest BCUT2D eigenvalue weighted by Gasteiger charge is 1.96. The van der Waals surface area contributed by atoms with Gasteiger partial charge in [0.25, 0.3) is 0 Å². The first kappa shape index (κ1) is 10.8. The molecule has 0 atom stereocenters. The SMILES string of the molecule is CCSC(=S)Nc1ccc(Cl)cc1. The average Bonchev–Trinajstić information content (AvgIpc) is 2.09. The van der Waals surface area contributed by atoms with Gasteiger partial charge in [-0.1, -0.05) is 42.5 Å². The van der Waals surface area contributed by atoms with Crippen LogP contribution in [0, 0.1) is 0 Å². The zero-order valence-electron chi connectivity index (χ0n) is 7.21. The number of hydrogen-bond acceptors (Lipinski definition) is 2. The standard InChI is InChI=1S/C9H10ClNS2/c1-2-13-9(12)11-8-5-3-7(10)4-6-8/h3-6H,2H2,1H3,(H,11,12). The quantitative estimate of drug-likeness (QED) is 0.778. The van der Waals surface area contributed by atoms with E-state index in [0.29, 0.717) is 0 Å². The molecule has 0 saturated heterocycles. The van der Waals surface area contributed by atoms with Crippen LogP contribution in [-0.4, -0.2) is 10.1 Å². The lowest BCUT2D eigenvalue weighted by atomic mass is 10.3. The molecule has 0 bridgehead atoms. The minimum atomic E-state index is 0.736. The summed E-state index contributed by atoms with van der Waals surface area (Å²) in [4.78, 5) is 0. The normalized spacial score (nSPS) is 9.69. The molecule has 0 unspecified atom stereocenters. The van der Waals surface area contributed by atoms with Gasteiger partial charge in [-0.2, -0.15) is 0 Å². The number of rotatable bonds is 2. The topological polar surface area (TPSA) is 12.0 Å². The summed E-state index contributed by atoms with van der Waals surface area (Å²) >= 11 is 12.4. The third kappa shape index (κ3) is 3.98. The molecular formula is C9H10ClNS2. The summed E-state index contributed by atoms with van der Waals surface area (Å²) in [7, 11) is 0. The highest BCUT2D eigenvalue weighted by Crippen LogP contribution is 2.15. The number of benzene rings is 1. The fraction of sp³-hybridized carbons (Fsp3) is 0.222. The van der Waals surface area contributed by atoms with Gasteiger partial charge in [0.2, 0.25) is 0 Å². The van der Waals surface area contributed by atoms with Crippen molar-refractivity contribution in [1.29, 1.82) is 0 Å². The summed E-state index contributed by atoms with van der Waals surface area (Å²) in [6.07, 6.45) is 0. The Balaban J connectivity index is 2.54. The van der Waals surface area contributed by atoms with E-state index in [0.717, 1.165) is 20.8 Å². The van der Waals surface area contributed by atoms with E-state index in [2.05, 4.69) is 12.2 Å². The molecule has 0 aliphatic carbocycles. The van der Waals surface area contributed by atoms with Gasteiger partial charge in [0.15, 0.2) is 0 Å². The molecule has 70 valence electrons. The summed E-state index contributed by atoms with van der Waals surface area (Å²) in [5.74, 6) is 0.986. The maximum absolute atomic E-state index is 5.74. The van der Waals surface area contributed by atoms with Crippen LogP contribution in [0.4, 0.5) is 5.69 Å². The number of thioether (sulfide) groups is 1. The highest BCUT2D eigenvalue weighted by atomic mass is 35.5. The molecule has 1 aromatic rings. The Kier molecular flexibility index (Phi) is 4.56. The van der Waals surface area contributed by atoms with Crippen molar-refractivity contribution in [2.75, 3.05) is 11.1 Å². The Morgan fingerprint density at radius 2 is 2.08 bits per heavy atom. The summed E-state index contributed by atoms with van der Waals surface area (Å²) in [5, 5.41) is 3.84. The summed E-state index contributed by atoms with van der Waals surface area (Å²) in [6, 6.07) is 7.49. The number of thiocarbonyl (C=S) groups is 1. The van der Waals surface area contributed by atoms with Crippen molar-refractivity contribution in [1.82, 2.24) is 0 Å². The Morgan fingerprint density at radius 3 is 2.62 bits per heavy atom. The van der Waals surface area contributed by atoms with Crippen LogP contribution in [0.2, 0.25) is 5.02 Å². The predicted molar refractivity (Wildman–Crippen MR) is 65.8 cm³/mol. The molecular weight excluding hydrogens is 222 g/mol. The second-order valence-electron chi connectivity index (χ2n) is 2.35. The van der Waals surface area contributed by atoms with E-state index in [9.17, 15) is 0 Å². The van der Waals surface area contributed by atoms with Gasteiger partial charge in [0.05, 0.1) is 0 Å². The van der Waals surface area contributed by atoms with Gasteiger partial charge >= 0.3 is 0 Å². The molecule has 0 heterocycles. The lowest BCUT2D eigenvalue weighted by Gasteiger charge is -2.05. The molecule has 0 saturated carbocycles. The van der Waals surface area contributed by atoms with Crippen molar-refractivity contribution in [2.24, 2.45) is 0 Å². The van der Waals surface area contributed by atoms with Crippen LogP contribution in [-0.2, 0) is 0 Å². The third-order valence-electron chi connectivity index (χ3n) is 1.37. The molecule has 4 heteroatoms. The summed E-state index contributed by atoms with van der Waals surface area (Å²) in [5.41, 5.74) is 0.982. The van der Waals surface area contributed by atoms with Crippen molar-refractivity contribution in [3.05, 3.63) is 29.3 Å². The molecule has 0 aromatic heterocycles. The van der Waals surface area contributed by atoms with Crippen molar-refractivity contribution >= 4 is 45.6 Å². The second kappa shape index (κ2) is 5.47. The van der Waals surface area contributed by atoms with Crippen LogP contribution in [0.1, 0.15) is 6.92 Å². The second-order valence-corrected chi connectivity index (χ2v) is 4.73. The molecule has 0 aliphatic rings. The van der Waals surface area contributed by atoms with Gasteiger partial charge in [-0.25, -0.2) is 0 Å². The van der Waals surface area contributed by atoms with E-state index in [4.69, 9.17) is 23.8 Å². The van der Waals surface area contributed by atoms with Crippen LogP contribution < -0.4 is 5.32 Å².